The van der Waals surface area contributed by atoms with Gasteiger partial charge in [-0.05, 0) is 12.8 Å². The van der Waals surface area contributed by atoms with Gasteiger partial charge in [0.15, 0.2) is 0 Å². The lowest BCUT2D eigenvalue weighted by Crippen LogP contribution is -2.52. The highest BCUT2D eigenvalue weighted by Crippen LogP contribution is 2.10. The monoisotopic (exact) mass is 144 g/mol. The van der Waals surface area contributed by atoms with Crippen LogP contribution in [-0.4, -0.2) is 18.5 Å². The maximum absolute atomic E-state index is 11.1. The lowest BCUT2D eigenvalue weighted by atomic mass is 9.93. The van der Waals surface area contributed by atoms with E-state index in [4.69, 9.17) is 5.73 Å². The Kier molecular flexibility index (Phi) is 3.36. The Hall–Kier alpha value is -0.570. The molecule has 0 heterocycles. The van der Waals surface area contributed by atoms with Crippen LogP contribution in [0.5, 0.6) is 0 Å². The van der Waals surface area contributed by atoms with E-state index in [2.05, 4.69) is 5.32 Å². The lowest BCUT2D eigenvalue weighted by molar-refractivity contribution is -0.126. The van der Waals surface area contributed by atoms with Gasteiger partial charge in [-0.25, -0.2) is 0 Å². The van der Waals surface area contributed by atoms with Crippen LogP contribution in [0, 0.1) is 0 Å². The Morgan fingerprint density at radius 1 is 1.50 bits per heavy atom. The molecular formula is C7H16N2O. The van der Waals surface area contributed by atoms with Gasteiger partial charge in [-0.3, -0.25) is 4.79 Å². The number of nitrogens with two attached hydrogens (primary N) is 1. The minimum absolute atomic E-state index is 0.0718. The van der Waals surface area contributed by atoms with Crippen molar-refractivity contribution in [1.29, 1.82) is 0 Å². The molecule has 0 rings (SSSR count). The van der Waals surface area contributed by atoms with Crippen LogP contribution in [0.1, 0.15) is 26.7 Å². The van der Waals surface area contributed by atoms with Crippen molar-refractivity contribution < 1.29 is 4.79 Å². The van der Waals surface area contributed by atoms with Gasteiger partial charge in [0.2, 0.25) is 5.91 Å². The highest BCUT2D eigenvalue weighted by Gasteiger charge is 2.28. The molecule has 3 heteroatoms. The molecule has 0 unspecified atom stereocenters. The van der Waals surface area contributed by atoms with Crippen molar-refractivity contribution in [2.45, 2.75) is 32.2 Å². The Balaban J connectivity index is 4.17. The normalized spacial score (nSPS) is 11.2. The van der Waals surface area contributed by atoms with E-state index < -0.39 is 5.54 Å². The number of rotatable bonds is 3. The molecule has 0 saturated carbocycles. The van der Waals surface area contributed by atoms with Gasteiger partial charge < -0.3 is 11.1 Å². The summed E-state index contributed by atoms with van der Waals surface area (Å²) in [6, 6.07) is 0. The molecule has 0 spiro atoms. The van der Waals surface area contributed by atoms with E-state index in [9.17, 15) is 4.79 Å². The van der Waals surface area contributed by atoms with Crippen molar-refractivity contribution in [2.24, 2.45) is 5.73 Å². The summed E-state index contributed by atoms with van der Waals surface area (Å²) in [5.74, 6) is -0.0718. The van der Waals surface area contributed by atoms with Crippen molar-refractivity contribution in [1.82, 2.24) is 5.32 Å². The van der Waals surface area contributed by atoms with Gasteiger partial charge in [0.25, 0.3) is 0 Å². The molecule has 0 atom stereocenters. The highest BCUT2D eigenvalue weighted by atomic mass is 16.2. The molecule has 0 bridgehead atoms. The molecule has 3 N–H and O–H groups in total. The molecule has 10 heavy (non-hydrogen) atoms. The number of likely N-dealkylation sites (N-methyl/N-ethyl adjacent to an activating group) is 1. The van der Waals surface area contributed by atoms with E-state index >= 15 is 0 Å². The second-order valence-corrected chi connectivity index (χ2v) is 2.44. The molecule has 1 amide bonds. The Morgan fingerprint density at radius 3 is 2.00 bits per heavy atom. The molecule has 0 aromatic rings. The second kappa shape index (κ2) is 3.56. The van der Waals surface area contributed by atoms with E-state index in [0.717, 1.165) is 0 Å². The molecule has 0 aliphatic heterocycles. The van der Waals surface area contributed by atoms with Gasteiger partial charge in [-0.2, -0.15) is 0 Å². The van der Waals surface area contributed by atoms with Gasteiger partial charge in [0.05, 0.1) is 5.54 Å². The zero-order chi connectivity index (χ0) is 8.20. The first-order valence-corrected chi connectivity index (χ1v) is 3.61. The van der Waals surface area contributed by atoms with Crippen molar-refractivity contribution in [3.63, 3.8) is 0 Å². The average molecular weight is 144 g/mol. The summed E-state index contributed by atoms with van der Waals surface area (Å²) < 4.78 is 0. The number of carbonyl (C=O) groups is 1. The molecule has 0 aliphatic rings. The molecule has 0 aromatic heterocycles. The minimum Gasteiger partial charge on any atom is -0.358 e. The van der Waals surface area contributed by atoms with Gasteiger partial charge in [-0.1, -0.05) is 13.8 Å². The van der Waals surface area contributed by atoms with Crippen LogP contribution in [0.2, 0.25) is 0 Å². The van der Waals surface area contributed by atoms with Gasteiger partial charge in [-0.15, -0.1) is 0 Å². The van der Waals surface area contributed by atoms with Crippen molar-refractivity contribution in [2.75, 3.05) is 7.05 Å². The Bertz CT molecular complexity index is 119. The number of carbonyl (C=O) groups excluding carboxylic acids is 1. The Labute approximate surface area is 62.0 Å². The number of nitrogens with one attached hydrogen (secondary N) is 1. The van der Waals surface area contributed by atoms with Crippen LogP contribution >= 0.6 is 0 Å². The minimum atomic E-state index is -0.658. The number of hydrogen-bond donors (Lipinski definition) is 2. The Morgan fingerprint density at radius 2 is 1.90 bits per heavy atom. The number of amides is 1. The van der Waals surface area contributed by atoms with E-state index in [1.807, 2.05) is 13.8 Å². The van der Waals surface area contributed by atoms with Crippen LogP contribution in [0.4, 0.5) is 0 Å². The SMILES string of the molecule is CCC(N)(CC)C(=O)NC. The maximum Gasteiger partial charge on any atom is 0.239 e. The number of hydrogen-bond acceptors (Lipinski definition) is 2. The van der Waals surface area contributed by atoms with Gasteiger partial charge in [0, 0.05) is 7.05 Å². The third-order valence-electron chi connectivity index (χ3n) is 1.94. The topological polar surface area (TPSA) is 55.1 Å². The van der Waals surface area contributed by atoms with Crippen LogP contribution in [0.3, 0.4) is 0 Å². The summed E-state index contributed by atoms with van der Waals surface area (Å²) >= 11 is 0. The predicted octanol–water partition coefficient (Wildman–Crippen LogP) is 0.250. The zero-order valence-electron chi connectivity index (χ0n) is 6.90. The molecule has 0 aliphatic carbocycles. The standard InChI is InChI=1S/C7H16N2O/c1-4-7(8,5-2)6(10)9-3/h4-5,8H2,1-3H3,(H,9,10). The lowest BCUT2D eigenvalue weighted by Gasteiger charge is -2.23. The van der Waals surface area contributed by atoms with Gasteiger partial charge in [0.1, 0.15) is 0 Å². The summed E-state index contributed by atoms with van der Waals surface area (Å²) in [6.45, 7) is 3.83. The van der Waals surface area contributed by atoms with Crippen molar-refractivity contribution in [3.05, 3.63) is 0 Å². The van der Waals surface area contributed by atoms with E-state index in [-0.39, 0.29) is 5.91 Å². The first-order valence-electron chi connectivity index (χ1n) is 3.61. The smallest absolute Gasteiger partial charge is 0.239 e. The van der Waals surface area contributed by atoms with E-state index in [0.29, 0.717) is 12.8 Å². The van der Waals surface area contributed by atoms with Gasteiger partial charge >= 0.3 is 0 Å². The largest absolute Gasteiger partial charge is 0.358 e. The van der Waals surface area contributed by atoms with E-state index in [1.165, 1.54) is 0 Å². The molecule has 0 saturated heterocycles. The fourth-order valence-corrected chi connectivity index (χ4v) is 0.820. The second-order valence-electron chi connectivity index (χ2n) is 2.44. The van der Waals surface area contributed by atoms with Crippen LogP contribution in [0.25, 0.3) is 0 Å². The maximum atomic E-state index is 11.1. The summed E-state index contributed by atoms with van der Waals surface area (Å²) in [4.78, 5) is 11.1. The van der Waals surface area contributed by atoms with Crippen molar-refractivity contribution >= 4 is 5.91 Å². The first-order chi connectivity index (χ1) is 4.60. The summed E-state index contributed by atoms with van der Waals surface area (Å²) in [5.41, 5.74) is 5.08. The molecule has 0 fully saturated rings. The fourth-order valence-electron chi connectivity index (χ4n) is 0.820. The average Bonchev–Trinajstić information content (AvgIpc) is 2.01. The zero-order valence-corrected chi connectivity index (χ0v) is 6.90. The third kappa shape index (κ3) is 1.70. The molecule has 0 radical (unpaired) electrons. The molecule has 60 valence electrons. The molecular weight excluding hydrogens is 128 g/mol. The molecule has 3 nitrogen and oxygen atoms in total. The summed E-state index contributed by atoms with van der Waals surface area (Å²) in [6.07, 6.45) is 1.37. The molecule has 0 aromatic carbocycles. The van der Waals surface area contributed by atoms with Crippen molar-refractivity contribution in [3.8, 4) is 0 Å². The fraction of sp³-hybridized carbons (Fsp3) is 0.857. The predicted molar refractivity (Wildman–Crippen MR) is 41.6 cm³/mol. The first kappa shape index (κ1) is 9.43. The third-order valence-corrected chi connectivity index (χ3v) is 1.94. The van der Waals surface area contributed by atoms with Crippen LogP contribution in [0.15, 0.2) is 0 Å². The summed E-state index contributed by atoms with van der Waals surface area (Å²) in [5, 5.41) is 2.54. The van der Waals surface area contributed by atoms with Crippen LogP contribution < -0.4 is 11.1 Å². The summed E-state index contributed by atoms with van der Waals surface area (Å²) in [7, 11) is 1.61. The quantitative estimate of drug-likeness (QED) is 0.596. The van der Waals surface area contributed by atoms with Crippen LogP contribution in [-0.2, 0) is 4.79 Å². The van der Waals surface area contributed by atoms with E-state index in [1.54, 1.807) is 7.05 Å². The highest BCUT2D eigenvalue weighted by molar-refractivity contribution is 5.85.